The summed E-state index contributed by atoms with van der Waals surface area (Å²) in [7, 11) is -3.14. The maximum absolute atomic E-state index is 12.0. The second kappa shape index (κ2) is 7.95. The normalized spacial score (nSPS) is 17.7. The van der Waals surface area contributed by atoms with Gasteiger partial charge in [0.15, 0.2) is 0 Å². The van der Waals surface area contributed by atoms with Gasteiger partial charge in [0.25, 0.3) is 0 Å². The first-order valence-corrected chi connectivity index (χ1v) is 9.00. The van der Waals surface area contributed by atoms with Crippen molar-refractivity contribution in [2.45, 2.75) is 52.1 Å². The summed E-state index contributed by atoms with van der Waals surface area (Å²) in [5.41, 5.74) is 0. The molecule has 1 aliphatic rings. The molecule has 118 valence electrons. The molecular formula is C13H27N3O3S. The van der Waals surface area contributed by atoms with Crippen LogP contribution in [0.15, 0.2) is 0 Å². The highest BCUT2D eigenvalue weighted by Crippen LogP contribution is 2.12. The van der Waals surface area contributed by atoms with Crippen molar-refractivity contribution < 1.29 is 13.2 Å². The predicted octanol–water partition coefficient (Wildman–Crippen LogP) is 0.305. The third-order valence-corrected chi connectivity index (χ3v) is 4.92. The van der Waals surface area contributed by atoms with Gasteiger partial charge in [0.1, 0.15) is 0 Å². The molecule has 1 fully saturated rings. The van der Waals surface area contributed by atoms with E-state index in [1.54, 1.807) is 6.92 Å². The van der Waals surface area contributed by atoms with Crippen LogP contribution in [0.5, 0.6) is 0 Å². The van der Waals surface area contributed by atoms with Crippen LogP contribution in [0.25, 0.3) is 0 Å². The zero-order valence-electron chi connectivity index (χ0n) is 12.7. The van der Waals surface area contributed by atoms with Crippen LogP contribution in [0.2, 0.25) is 0 Å². The molecule has 0 atom stereocenters. The molecule has 0 saturated carbocycles. The average Bonchev–Trinajstić information content (AvgIpc) is 2.38. The number of sulfonamides is 1. The average molecular weight is 305 g/mol. The Morgan fingerprint density at radius 1 is 1.30 bits per heavy atom. The van der Waals surface area contributed by atoms with E-state index in [4.69, 9.17) is 0 Å². The van der Waals surface area contributed by atoms with E-state index in [1.807, 2.05) is 4.90 Å². The van der Waals surface area contributed by atoms with Crippen molar-refractivity contribution in [1.82, 2.24) is 14.9 Å². The van der Waals surface area contributed by atoms with Gasteiger partial charge in [-0.05, 0) is 19.8 Å². The molecule has 0 aromatic rings. The van der Waals surface area contributed by atoms with Crippen molar-refractivity contribution in [3.8, 4) is 0 Å². The first-order valence-electron chi connectivity index (χ1n) is 7.35. The van der Waals surface area contributed by atoms with Gasteiger partial charge < -0.3 is 10.2 Å². The number of likely N-dealkylation sites (tertiary alicyclic amines) is 1. The van der Waals surface area contributed by atoms with Crippen LogP contribution in [-0.4, -0.2) is 56.7 Å². The molecule has 0 aliphatic carbocycles. The third kappa shape index (κ3) is 6.19. The van der Waals surface area contributed by atoms with Gasteiger partial charge in [-0.15, -0.1) is 0 Å². The van der Waals surface area contributed by atoms with E-state index >= 15 is 0 Å². The van der Waals surface area contributed by atoms with Crippen molar-refractivity contribution in [2.24, 2.45) is 0 Å². The molecule has 0 unspecified atom stereocenters. The first-order chi connectivity index (χ1) is 9.34. The topological polar surface area (TPSA) is 78.5 Å². The van der Waals surface area contributed by atoms with Gasteiger partial charge in [-0.2, -0.15) is 0 Å². The summed E-state index contributed by atoms with van der Waals surface area (Å²) in [5.74, 6) is 0.252. The van der Waals surface area contributed by atoms with E-state index in [9.17, 15) is 13.2 Å². The summed E-state index contributed by atoms with van der Waals surface area (Å²) >= 11 is 0. The number of piperidine rings is 1. The molecule has 7 heteroatoms. The Bertz CT molecular complexity index is 401. The molecular weight excluding hydrogens is 278 g/mol. The second-order valence-electron chi connectivity index (χ2n) is 5.54. The number of hydrogen-bond acceptors (Lipinski definition) is 4. The first kappa shape index (κ1) is 17.4. The molecule has 0 aromatic carbocycles. The maximum atomic E-state index is 12.0. The molecule has 1 aliphatic heterocycles. The van der Waals surface area contributed by atoms with Gasteiger partial charge in [0.05, 0.1) is 5.75 Å². The van der Waals surface area contributed by atoms with Crippen LogP contribution in [0.3, 0.4) is 0 Å². The molecule has 20 heavy (non-hydrogen) atoms. The van der Waals surface area contributed by atoms with E-state index in [0.29, 0.717) is 44.9 Å². The summed E-state index contributed by atoms with van der Waals surface area (Å²) in [5, 5.41) is 3.22. The number of rotatable bonds is 7. The highest BCUT2D eigenvalue weighted by atomic mass is 32.2. The lowest BCUT2D eigenvalue weighted by atomic mass is 10.1. The Hall–Kier alpha value is -0.660. The lowest BCUT2D eigenvalue weighted by Crippen LogP contribution is -2.47. The van der Waals surface area contributed by atoms with E-state index in [0.717, 1.165) is 0 Å². The number of carbonyl (C=O) groups excluding carboxylic acids is 1. The summed E-state index contributed by atoms with van der Waals surface area (Å²) < 4.78 is 25.7. The van der Waals surface area contributed by atoms with E-state index in [1.165, 1.54) is 0 Å². The molecule has 0 radical (unpaired) electrons. The quantitative estimate of drug-likeness (QED) is 0.709. The van der Waals surface area contributed by atoms with Gasteiger partial charge in [0, 0.05) is 38.1 Å². The minimum atomic E-state index is -3.14. The van der Waals surface area contributed by atoms with Crippen LogP contribution >= 0.6 is 0 Å². The SMILES string of the molecule is CCS(=O)(=O)NC1CCN(C(=O)CCNC(C)C)CC1. The van der Waals surface area contributed by atoms with E-state index in [2.05, 4.69) is 23.9 Å². The number of hydrogen-bond donors (Lipinski definition) is 2. The Labute approximate surface area is 122 Å². The second-order valence-corrected chi connectivity index (χ2v) is 7.58. The summed E-state index contributed by atoms with van der Waals surface area (Å²) in [6.45, 7) is 7.70. The zero-order valence-corrected chi connectivity index (χ0v) is 13.5. The van der Waals surface area contributed by atoms with Gasteiger partial charge in [0.2, 0.25) is 15.9 Å². The smallest absolute Gasteiger partial charge is 0.223 e. The lowest BCUT2D eigenvalue weighted by molar-refractivity contribution is -0.132. The zero-order chi connectivity index (χ0) is 15.2. The number of carbonyl (C=O) groups is 1. The van der Waals surface area contributed by atoms with Crippen LogP contribution in [-0.2, 0) is 14.8 Å². The Morgan fingerprint density at radius 3 is 2.40 bits per heavy atom. The third-order valence-electron chi connectivity index (χ3n) is 3.47. The maximum Gasteiger partial charge on any atom is 0.223 e. The lowest BCUT2D eigenvalue weighted by Gasteiger charge is -2.32. The largest absolute Gasteiger partial charge is 0.343 e. The van der Waals surface area contributed by atoms with Gasteiger partial charge in [-0.3, -0.25) is 4.79 Å². The van der Waals surface area contributed by atoms with Crippen molar-refractivity contribution in [1.29, 1.82) is 0 Å². The van der Waals surface area contributed by atoms with E-state index in [-0.39, 0.29) is 17.7 Å². The molecule has 2 N–H and O–H groups in total. The molecule has 0 spiro atoms. The fraction of sp³-hybridized carbons (Fsp3) is 0.923. The van der Waals surface area contributed by atoms with Crippen molar-refractivity contribution >= 4 is 15.9 Å². The number of nitrogens with one attached hydrogen (secondary N) is 2. The highest BCUT2D eigenvalue weighted by Gasteiger charge is 2.24. The molecule has 1 amide bonds. The Kier molecular flexibility index (Phi) is 6.91. The molecule has 1 heterocycles. The molecule has 0 aromatic heterocycles. The molecule has 6 nitrogen and oxygen atoms in total. The summed E-state index contributed by atoms with van der Waals surface area (Å²) in [6, 6.07) is 0.356. The summed E-state index contributed by atoms with van der Waals surface area (Å²) in [6.07, 6.45) is 1.90. The number of nitrogens with zero attached hydrogens (tertiary/aromatic N) is 1. The van der Waals surface area contributed by atoms with Crippen LogP contribution in [0, 0.1) is 0 Å². The fourth-order valence-corrected chi connectivity index (χ4v) is 3.12. The minimum Gasteiger partial charge on any atom is -0.343 e. The Balaban J connectivity index is 2.29. The summed E-state index contributed by atoms with van der Waals surface area (Å²) in [4.78, 5) is 13.8. The monoisotopic (exact) mass is 305 g/mol. The van der Waals surface area contributed by atoms with Gasteiger partial charge >= 0.3 is 0 Å². The highest BCUT2D eigenvalue weighted by molar-refractivity contribution is 7.89. The van der Waals surface area contributed by atoms with Crippen molar-refractivity contribution in [3.63, 3.8) is 0 Å². The van der Waals surface area contributed by atoms with Crippen LogP contribution in [0.1, 0.15) is 40.0 Å². The van der Waals surface area contributed by atoms with E-state index < -0.39 is 10.0 Å². The Morgan fingerprint density at radius 2 is 1.90 bits per heavy atom. The molecule has 0 bridgehead atoms. The minimum absolute atomic E-state index is 0.0298. The number of amides is 1. The molecule has 1 rings (SSSR count). The van der Waals surface area contributed by atoms with Gasteiger partial charge in [-0.1, -0.05) is 13.8 Å². The molecule has 1 saturated heterocycles. The fourth-order valence-electron chi connectivity index (χ4n) is 2.21. The predicted molar refractivity (Wildman–Crippen MR) is 80.0 cm³/mol. The standard InChI is InChI=1S/C13H27N3O3S/c1-4-20(18,19)15-12-6-9-16(10-7-12)13(17)5-8-14-11(2)3/h11-12,14-15H,4-10H2,1-3H3. The van der Waals surface area contributed by atoms with Crippen molar-refractivity contribution in [3.05, 3.63) is 0 Å². The van der Waals surface area contributed by atoms with Gasteiger partial charge in [-0.25, -0.2) is 13.1 Å². The van der Waals surface area contributed by atoms with Crippen LogP contribution in [0.4, 0.5) is 0 Å². The van der Waals surface area contributed by atoms with Crippen LogP contribution < -0.4 is 10.0 Å². The van der Waals surface area contributed by atoms with Crippen molar-refractivity contribution in [2.75, 3.05) is 25.4 Å².